The van der Waals surface area contributed by atoms with Crippen LogP contribution in [0.25, 0.3) is 10.9 Å². The number of nitrogens with one attached hydrogen (secondary N) is 1. The van der Waals surface area contributed by atoms with Crippen molar-refractivity contribution in [2.45, 2.75) is 6.18 Å². The van der Waals surface area contributed by atoms with Gasteiger partial charge in [0.2, 0.25) is 0 Å². The second-order valence-electron chi connectivity index (χ2n) is 3.45. The van der Waals surface area contributed by atoms with Crippen LogP contribution in [0.5, 0.6) is 0 Å². The van der Waals surface area contributed by atoms with Gasteiger partial charge in [0.1, 0.15) is 5.69 Å². The molecule has 0 aliphatic carbocycles. The summed E-state index contributed by atoms with van der Waals surface area (Å²) in [6, 6.07) is 0.109. The van der Waals surface area contributed by atoms with Crippen LogP contribution in [0.3, 0.4) is 0 Å². The van der Waals surface area contributed by atoms with Crippen LogP contribution >= 0.6 is 0 Å². The molecule has 2 nitrogen and oxygen atoms in total. The Morgan fingerprint density at radius 2 is 1.61 bits per heavy atom. The molecule has 1 N–H and O–H groups in total. The summed E-state index contributed by atoms with van der Waals surface area (Å²) in [6.07, 6.45) is -4.93. The van der Waals surface area contributed by atoms with Crippen molar-refractivity contribution < 1.29 is 26.3 Å². The van der Waals surface area contributed by atoms with Crippen molar-refractivity contribution in [1.82, 2.24) is 4.98 Å². The van der Waals surface area contributed by atoms with E-state index in [1.54, 1.807) is 0 Å². The number of pyridine rings is 1. The number of hydrogen-bond acceptors (Lipinski definition) is 1. The van der Waals surface area contributed by atoms with Gasteiger partial charge in [0.15, 0.2) is 22.9 Å². The molecule has 0 radical (unpaired) electrons. The van der Waals surface area contributed by atoms with Crippen molar-refractivity contribution in [2.75, 3.05) is 0 Å². The summed E-state index contributed by atoms with van der Waals surface area (Å²) < 4.78 is 76.3. The molecule has 2 rings (SSSR count). The summed E-state index contributed by atoms with van der Waals surface area (Å²) in [5.74, 6) is -4.82. The Kier molecular flexibility index (Phi) is 2.60. The number of hydrogen-bond donors (Lipinski definition) is 1. The number of rotatable bonds is 0. The first kappa shape index (κ1) is 12.5. The van der Waals surface area contributed by atoms with Crippen LogP contribution in [0.15, 0.2) is 16.9 Å². The number of aromatic nitrogens is 1. The van der Waals surface area contributed by atoms with E-state index in [1.165, 1.54) is 4.98 Å². The van der Waals surface area contributed by atoms with Gasteiger partial charge in [-0.15, -0.1) is 0 Å². The van der Waals surface area contributed by atoms with E-state index in [4.69, 9.17) is 0 Å². The molecule has 1 heterocycles. The van der Waals surface area contributed by atoms with E-state index >= 15 is 0 Å². The molecule has 8 heteroatoms. The maximum atomic E-state index is 13.2. The van der Waals surface area contributed by atoms with Gasteiger partial charge in [-0.1, -0.05) is 0 Å². The lowest BCUT2D eigenvalue weighted by atomic mass is 10.1. The average Bonchev–Trinajstić information content (AvgIpc) is 2.24. The Morgan fingerprint density at radius 3 is 2.17 bits per heavy atom. The first-order valence-electron chi connectivity index (χ1n) is 4.49. The largest absolute Gasteiger partial charge is 0.431 e. The number of benzene rings is 1. The molecule has 96 valence electrons. The van der Waals surface area contributed by atoms with Crippen LogP contribution in [0.2, 0.25) is 0 Å². The highest BCUT2D eigenvalue weighted by molar-refractivity contribution is 5.80. The Morgan fingerprint density at radius 1 is 1.00 bits per heavy atom. The molecule has 2 aromatic rings. The quantitative estimate of drug-likeness (QED) is 0.577. The molecule has 0 bridgehead atoms. The molecular formula is C10H3F6NO. The summed E-state index contributed by atoms with van der Waals surface area (Å²) in [5, 5.41) is -1.08. The third kappa shape index (κ3) is 1.83. The summed E-state index contributed by atoms with van der Waals surface area (Å²) in [5.41, 5.74) is -4.01. The van der Waals surface area contributed by atoms with Gasteiger partial charge in [0.05, 0.1) is 10.9 Å². The zero-order valence-corrected chi connectivity index (χ0v) is 8.33. The van der Waals surface area contributed by atoms with E-state index in [-0.39, 0.29) is 12.1 Å². The van der Waals surface area contributed by atoms with Crippen molar-refractivity contribution in [1.29, 1.82) is 0 Å². The van der Waals surface area contributed by atoms with E-state index in [1.807, 2.05) is 0 Å². The molecule has 0 aliphatic heterocycles. The highest BCUT2D eigenvalue weighted by atomic mass is 19.4. The lowest BCUT2D eigenvalue weighted by Crippen LogP contribution is -2.15. The fourth-order valence-corrected chi connectivity index (χ4v) is 1.48. The minimum absolute atomic E-state index is 0.0459. The lowest BCUT2D eigenvalue weighted by Gasteiger charge is -2.09. The standard InChI is InChI=1S/C10H3F6NO/c11-3-1-4(12)9-7(8(3)13)5(18)2-6(17-9)10(14,15)16/h1-2H,(H,17,18). The van der Waals surface area contributed by atoms with E-state index < -0.39 is 45.7 Å². The van der Waals surface area contributed by atoms with Crippen molar-refractivity contribution >= 4 is 10.9 Å². The Labute approximate surface area is 94.9 Å². The molecule has 0 spiro atoms. The number of fused-ring (bicyclic) bond motifs is 1. The summed E-state index contributed by atoms with van der Waals surface area (Å²) >= 11 is 0. The van der Waals surface area contributed by atoms with Crippen molar-refractivity contribution in [3.63, 3.8) is 0 Å². The van der Waals surface area contributed by atoms with Crippen LogP contribution in [-0.2, 0) is 6.18 Å². The fraction of sp³-hybridized carbons (Fsp3) is 0.100. The van der Waals surface area contributed by atoms with Crippen molar-refractivity contribution in [3.8, 4) is 0 Å². The molecule has 0 aliphatic rings. The van der Waals surface area contributed by atoms with Crippen LogP contribution in [-0.4, -0.2) is 4.98 Å². The predicted molar refractivity (Wildman–Crippen MR) is 49.4 cm³/mol. The first-order valence-corrected chi connectivity index (χ1v) is 4.49. The second-order valence-corrected chi connectivity index (χ2v) is 3.45. The fourth-order valence-electron chi connectivity index (χ4n) is 1.48. The van der Waals surface area contributed by atoms with Gasteiger partial charge in [-0.2, -0.15) is 13.2 Å². The summed E-state index contributed by atoms with van der Waals surface area (Å²) in [7, 11) is 0. The molecule has 0 amide bonds. The smallest absolute Gasteiger partial charge is 0.348 e. The maximum absolute atomic E-state index is 13.2. The zero-order chi connectivity index (χ0) is 13.7. The van der Waals surface area contributed by atoms with Gasteiger partial charge in [-0.3, -0.25) is 4.79 Å². The maximum Gasteiger partial charge on any atom is 0.431 e. The van der Waals surface area contributed by atoms with Gasteiger partial charge in [0, 0.05) is 12.1 Å². The SMILES string of the molecule is O=c1cc(C(F)(F)F)[nH]c2c(F)cc(F)c(F)c12. The molecule has 0 atom stereocenters. The molecule has 0 saturated heterocycles. The highest BCUT2D eigenvalue weighted by Gasteiger charge is 2.33. The molecule has 0 fully saturated rings. The van der Waals surface area contributed by atoms with Crippen LogP contribution in [0.1, 0.15) is 5.69 Å². The van der Waals surface area contributed by atoms with Crippen LogP contribution in [0.4, 0.5) is 26.3 Å². The molecule has 1 aromatic heterocycles. The van der Waals surface area contributed by atoms with E-state index in [9.17, 15) is 31.1 Å². The number of halogens is 6. The summed E-state index contributed by atoms with van der Waals surface area (Å²) in [6.45, 7) is 0. The average molecular weight is 267 g/mol. The second kappa shape index (κ2) is 3.76. The highest BCUT2D eigenvalue weighted by Crippen LogP contribution is 2.29. The molecule has 1 aromatic carbocycles. The number of alkyl halides is 3. The Bertz CT molecular complexity index is 687. The van der Waals surface area contributed by atoms with Gasteiger partial charge in [-0.05, 0) is 0 Å². The number of aromatic amines is 1. The monoisotopic (exact) mass is 267 g/mol. The Hall–Kier alpha value is -1.99. The van der Waals surface area contributed by atoms with Gasteiger partial charge in [-0.25, -0.2) is 13.2 Å². The minimum Gasteiger partial charge on any atom is -0.348 e. The first-order chi connectivity index (χ1) is 8.21. The van der Waals surface area contributed by atoms with Crippen LogP contribution < -0.4 is 5.43 Å². The molecule has 0 saturated carbocycles. The van der Waals surface area contributed by atoms with Gasteiger partial charge < -0.3 is 4.98 Å². The minimum atomic E-state index is -4.93. The third-order valence-corrected chi connectivity index (χ3v) is 2.26. The molecule has 18 heavy (non-hydrogen) atoms. The van der Waals surface area contributed by atoms with Crippen molar-refractivity contribution in [3.05, 3.63) is 45.5 Å². The number of H-pyrrole nitrogens is 1. The molecule has 0 unspecified atom stereocenters. The van der Waals surface area contributed by atoms with Crippen molar-refractivity contribution in [2.24, 2.45) is 0 Å². The Balaban J connectivity index is 2.96. The van der Waals surface area contributed by atoms with E-state index in [0.29, 0.717) is 0 Å². The zero-order valence-electron chi connectivity index (χ0n) is 8.33. The van der Waals surface area contributed by atoms with E-state index in [2.05, 4.69) is 0 Å². The van der Waals surface area contributed by atoms with Gasteiger partial charge >= 0.3 is 6.18 Å². The topological polar surface area (TPSA) is 32.9 Å². The summed E-state index contributed by atoms with van der Waals surface area (Å²) in [4.78, 5) is 12.8. The third-order valence-electron chi connectivity index (χ3n) is 2.26. The predicted octanol–water partition coefficient (Wildman–Crippen LogP) is 2.96. The lowest BCUT2D eigenvalue weighted by molar-refractivity contribution is -0.141. The van der Waals surface area contributed by atoms with Crippen LogP contribution in [0, 0.1) is 17.5 Å². The molecular weight excluding hydrogens is 264 g/mol. The van der Waals surface area contributed by atoms with E-state index in [0.717, 1.165) is 0 Å². The van der Waals surface area contributed by atoms with Gasteiger partial charge in [0.25, 0.3) is 0 Å². The normalized spacial score (nSPS) is 12.1.